The minimum Gasteiger partial charge on any atom is -0.468 e. The summed E-state index contributed by atoms with van der Waals surface area (Å²) >= 11 is 0. The average molecular weight is 471 g/mol. The van der Waals surface area contributed by atoms with Crippen molar-refractivity contribution in [2.24, 2.45) is 0 Å². The van der Waals surface area contributed by atoms with Crippen molar-refractivity contribution in [3.05, 3.63) is 81.8 Å². The Morgan fingerprint density at radius 1 is 1.06 bits per heavy atom. The number of hydrogen-bond donors (Lipinski definition) is 1. The maximum Gasteiger partial charge on any atom is 0.293 e. The molecule has 1 aliphatic heterocycles. The molecule has 1 fully saturated rings. The molecule has 0 bridgehead atoms. The van der Waals surface area contributed by atoms with E-state index in [4.69, 9.17) is 4.42 Å². The highest BCUT2D eigenvalue weighted by Gasteiger charge is 2.27. The Labute approximate surface area is 192 Å². The van der Waals surface area contributed by atoms with Crippen LogP contribution in [-0.2, 0) is 16.6 Å². The highest BCUT2D eigenvalue weighted by Crippen LogP contribution is 2.32. The zero-order chi connectivity index (χ0) is 23.6. The molecule has 9 nitrogen and oxygen atoms in total. The standard InChI is InChI=1S/C23H26N4O5S/c1-17-5-7-21(18(2)14-17)24-33(30,31)20-6-8-22(23(15-20)27(28)29)26-11-9-25(10-12-26)16-19-4-3-13-32-19/h3-8,13-15,24H,9-12,16H2,1-2H3. The van der Waals surface area contributed by atoms with Crippen LogP contribution in [-0.4, -0.2) is 44.4 Å². The number of nitro benzene ring substituents is 1. The summed E-state index contributed by atoms with van der Waals surface area (Å²) in [6.45, 7) is 7.03. The summed E-state index contributed by atoms with van der Waals surface area (Å²) in [7, 11) is -3.98. The molecule has 0 spiro atoms. The van der Waals surface area contributed by atoms with Gasteiger partial charge in [-0.2, -0.15) is 0 Å². The van der Waals surface area contributed by atoms with Gasteiger partial charge in [0.2, 0.25) is 0 Å². The topological polar surface area (TPSA) is 109 Å². The van der Waals surface area contributed by atoms with Crippen molar-refractivity contribution in [3.63, 3.8) is 0 Å². The number of hydrogen-bond acceptors (Lipinski definition) is 7. The second-order valence-corrected chi connectivity index (χ2v) is 9.86. The molecule has 33 heavy (non-hydrogen) atoms. The van der Waals surface area contributed by atoms with E-state index in [1.165, 1.54) is 12.1 Å². The van der Waals surface area contributed by atoms with Crippen LogP contribution in [0.25, 0.3) is 0 Å². The predicted octanol–water partition coefficient (Wildman–Crippen LogP) is 3.93. The average Bonchev–Trinajstić information content (AvgIpc) is 3.29. The van der Waals surface area contributed by atoms with Gasteiger partial charge in [-0.3, -0.25) is 19.7 Å². The van der Waals surface area contributed by atoms with Gasteiger partial charge in [0.1, 0.15) is 11.4 Å². The van der Waals surface area contributed by atoms with Gasteiger partial charge in [0.25, 0.3) is 15.7 Å². The maximum atomic E-state index is 12.9. The highest BCUT2D eigenvalue weighted by atomic mass is 32.2. The molecule has 1 aliphatic rings. The van der Waals surface area contributed by atoms with Gasteiger partial charge in [0.15, 0.2) is 0 Å². The summed E-state index contributed by atoms with van der Waals surface area (Å²) in [6, 6.07) is 13.2. The lowest BCUT2D eigenvalue weighted by Crippen LogP contribution is -2.46. The Balaban J connectivity index is 1.52. The van der Waals surface area contributed by atoms with Crippen molar-refractivity contribution in [1.82, 2.24) is 4.90 Å². The molecule has 0 aliphatic carbocycles. The number of nitrogens with zero attached hydrogens (tertiary/aromatic N) is 3. The van der Waals surface area contributed by atoms with Gasteiger partial charge >= 0.3 is 0 Å². The normalized spacial score (nSPS) is 14.9. The Morgan fingerprint density at radius 2 is 1.82 bits per heavy atom. The molecule has 4 rings (SSSR count). The quantitative estimate of drug-likeness (QED) is 0.412. The first-order chi connectivity index (χ1) is 15.7. The summed E-state index contributed by atoms with van der Waals surface area (Å²) in [5.74, 6) is 0.875. The van der Waals surface area contributed by atoms with Gasteiger partial charge in [-0.1, -0.05) is 17.7 Å². The minimum atomic E-state index is -3.98. The van der Waals surface area contributed by atoms with Crippen LogP contribution < -0.4 is 9.62 Å². The zero-order valence-electron chi connectivity index (χ0n) is 18.5. The van der Waals surface area contributed by atoms with E-state index in [2.05, 4.69) is 9.62 Å². The molecule has 10 heteroatoms. The number of anilines is 2. The zero-order valence-corrected chi connectivity index (χ0v) is 19.3. The molecule has 0 amide bonds. The van der Waals surface area contributed by atoms with E-state index in [-0.39, 0.29) is 10.6 Å². The molecule has 3 aromatic rings. The van der Waals surface area contributed by atoms with E-state index in [1.807, 2.05) is 43.0 Å². The van der Waals surface area contributed by atoms with Crippen LogP contribution in [0.5, 0.6) is 0 Å². The maximum absolute atomic E-state index is 12.9. The Bertz CT molecular complexity index is 1250. The minimum absolute atomic E-state index is 0.144. The Hall–Kier alpha value is -3.37. The SMILES string of the molecule is Cc1ccc(NS(=O)(=O)c2ccc(N3CCN(Cc4ccco4)CC3)c([N+](=O)[O-])c2)c(C)c1. The molecule has 0 radical (unpaired) electrons. The lowest BCUT2D eigenvalue weighted by atomic mass is 10.1. The molecule has 0 unspecified atom stereocenters. The molecule has 1 saturated heterocycles. The van der Waals surface area contributed by atoms with E-state index >= 15 is 0 Å². The van der Waals surface area contributed by atoms with Crippen molar-refractivity contribution in [1.29, 1.82) is 0 Å². The van der Waals surface area contributed by atoms with Gasteiger partial charge in [-0.25, -0.2) is 8.42 Å². The van der Waals surface area contributed by atoms with E-state index in [9.17, 15) is 18.5 Å². The number of aryl methyl sites for hydroxylation is 2. The lowest BCUT2D eigenvalue weighted by Gasteiger charge is -2.35. The molecule has 1 aromatic heterocycles. The van der Waals surface area contributed by atoms with Crippen molar-refractivity contribution in [2.45, 2.75) is 25.3 Å². The first-order valence-corrected chi connectivity index (χ1v) is 12.1. The summed E-state index contributed by atoms with van der Waals surface area (Å²) < 4.78 is 33.8. The number of rotatable bonds is 7. The number of sulfonamides is 1. The Kier molecular flexibility index (Phi) is 6.39. The summed E-state index contributed by atoms with van der Waals surface area (Å²) in [6.07, 6.45) is 1.64. The number of furan rings is 1. The Morgan fingerprint density at radius 3 is 2.45 bits per heavy atom. The smallest absolute Gasteiger partial charge is 0.293 e. The molecule has 2 aromatic carbocycles. The second-order valence-electron chi connectivity index (χ2n) is 8.17. The van der Waals surface area contributed by atoms with Gasteiger partial charge in [0.05, 0.1) is 28.3 Å². The third-order valence-corrected chi connectivity index (χ3v) is 7.12. The van der Waals surface area contributed by atoms with Crippen molar-refractivity contribution >= 4 is 27.1 Å². The van der Waals surface area contributed by atoms with E-state index in [0.717, 1.165) is 23.0 Å². The molecular formula is C23H26N4O5S. The van der Waals surface area contributed by atoms with Crippen molar-refractivity contribution in [3.8, 4) is 0 Å². The summed E-state index contributed by atoms with van der Waals surface area (Å²) in [5.41, 5.74) is 2.43. The number of piperazine rings is 1. The third-order valence-electron chi connectivity index (χ3n) is 5.75. The molecular weight excluding hydrogens is 444 g/mol. The lowest BCUT2D eigenvalue weighted by molar-refractivity contribution is -0.384. The molecule has 174 valence electrons. The van der Waals surface area contributed by atoms with Crippen LogP contribution in [0.1, 0.15) is 16.9 Å². The van der Waals surface area contributed by atoms with Gasteiger partial charge < -0.3 is 9.32 Å². The van der Waals surface area contributed by atoms with Crippen molar-refractivity contribution in [2.75, 3.05) is 35.8 Å². The molecule has 1 N–H and O–H groups in total. The predicted molar refractivity (Wildman–Crippen MR) is 126 cm³/mol. The van der Waals surface area contributed by atoms with E-state index < -0.39 is 14.9 Å². The van der Waals surface area contributed by atoms with Crippen LogP contribution in [0.2, 0.25) is 0 Å². The fourth-order valence-electron chi connectivity index (χ4n) is 3.99. The van der Waals surface area contributed by atoms with Crippen LogP contribution in [0.15, 0.2) is 64.1 Å². The number of benzene rings is 2. The van der Waals surface area contributed by atoms with Crippen molar-refractivity contribution < 1.29 is 17.8 Å². The van der Waals surface area contributed by atoms with E-state index in [0.29, 0.717) is 44.1 Å². The molecule has 0 saturated carbocycles. The highest BCUT2D eigenvalue weighted by molar-refractivity contribution is 7.92. The van der Waals surface area contributed by atoms with Crippen LogP contribution >= 0.6 is 0 Å². The van der Waals surface area contributed by atoms with Gasteiger partial charge in [-0.05, 0) is 49.7 Å². The number of nitro groups is 1. The number of nitrogens with one attached hydrogen (secondary N) is 1. The van der Waals surface area contributed by atoms with E-state index in [1.54, 1.807) is 12.3 Å². The van der Waals surface area contributed by atoms with Crippen LogP contribution in [0, 0.1) is 24.0 Å². The van der Waals surface area contributed by atoms with Crippen LogP contribution in [0.3, 0.4) is 0 Å². The fourth-order valence-corrected chi connectivity index (χ4v) is 5.14. The molecule has 0 atom stereocenters. The first-order valence-electron chi connectivity index (χ1n) is 10.6. The monoisotopic (exact) mass is 470 g/mol. The summed E-state index contributed by atoms with van der Waals surface area (Å²) in [5, 5.41) is 11.8. The third kappa shape index (κ3) is 5.18. The first kappa shape index (κ1) is 22.8. The molecule has 2 heterocycles. The van der Waals surface area contributed by atoms with Crippen LogP contribution in [0.4, 0.5) is 17.1 Å². The van der Waals surface area contributed by atoms with Gasteiger partial charge in [0, 0.05) is 32.2 Å². The second kappa shape index (κ2) is 9.24. The fraction of sp³-hybridized carbons (Fsp3) is 0.304. The largest absolute Gasteiger partial charge is 0.468 e. The summed E-state index contributed by atoms with van der Waals surface area (Å²) in [4.78, 5) is 15.3. The van der Waals surface area contributed by atoms with Gasteiger partial charge in [-0.15, -0.1) is 0 Å².